The minimum Gasteiger partial charge on any atom is -0.287 e. The zero-order valence-corrected chi connectivity index (χ0v) is 13.6. The van der Waals surface area contributed by atoms with E-state index in [1.165, 1.54) is 0 Å². The molecule has 0 aliphatic heterocycles. The summed E-state index contributed by atoms with van der Waals surface area (Å²) >= 11 is 0. The van der Waals surface area contributed by atoms with Gasteiger partial charge in [0.05, 0.1) is 5.69 Å². The number of para-hydroxylation sites is 1. The van der Waals surface area contributed by atoms with Crippen LogP contribution in [0.25, 0.3) is 16.9 Å². The van der Waals surface area contributed by atoms with E-state index in [0.717, 1.165) is 5.69 Å². The monoisotopic (exact) mass is 329 g/mol. The molecule has 122 valence electrons. The fourth-order valence-electron chi connectivity index (χ4n) is 2.65. The second-order valence-corrected chi connectivity index (χ2v) is 5.55. The number of aromatic nitrogens is 5. The number of carbonyl (C=O) groups excluding carboxylic acids is 1. The average molecular weight is 329 g/mol. The van der Waals surface area contributed by atoms with Gasteiger partial charge in [-0.2, -0.15) is 4.68 Å². The van der Waals surface area contributed by atoms with Crippen LogP contribution in [0.2, 0.25) is 0 Å². The number of ketones is 1. The molecule has 0 N–H and O–H groups in total. The Bertz CT molecular complexity index is 1040. The van der Waals surface area contributed by atoms with Gasteiger partial charge in [-0.1, -0.05) is 60.7 Å². The van der Waals surface area contributed by atoms with Gasteiger partial charge >= 0.3 is 0 Å². The van der Waals surface area contributed by atoms with E-state index in [1.54, 1.807) is 16.8 Å². The fraction of sp³-hybridized carbons (Fsp3) is 0.105. The van der Waals surface area contributed by atoms with Crippen molar-refractivity contribution in [3.05, 3.63) is 77.7 Å². The number of carbonyl (C=O) groups is 1. The lowest BCUT2D eigenvalue weighted by Gasteiger charge is -2.05. The highest BCUT2D eigenvalue weighted by molar-refractivity contribution is 6.13. The molecular weight excluding hydrogens is 314 g/mol. The van der Waals surface area contributed by atoms with E-state index >= 15 is 0 Å². The van der Waals surface area contributed by atoms with Gasteiger partial charge in [0.1, 0.15) is 11.5 Å². The summed E-state index contributed by atoms with van der Waals surface area (Å²) in [6, 6.07) is 18.7. The van der Waals surface area contributed by atoms with Gasteiger partial charge in [0.15, 0.2) is 11.2 Å². The van der Waals surface area contributed by atoms with Crippen LogP contribution in [-0.2, 0) is 6.42 Å². The lowest BCUT2D eigenvalue weighted by atomic mass is 10.1. The predicted octanol–water partition coefficient (Wildman–Crippen LogP) is 3.00. The molecule has 0 aliphatic carbocycles. The predicted molar refractivity (Wildman–Crippen MR) is 93.7 cm³/mol. The van der Waals surface area contributed by atoms with Crippen molar-refractivity contribution < 1.29 is 4.79 Å². The van der Waals surface area contributed by atoms with E-state index in [-0.39, 0.29) is 11.5 Å². The van der Waals surface area contributed by atoms with Crippen LogP contribution in [0.4, 0.5) is 0 Å². The zero-order chi connectivity index (χ0) is 17.2. The van der Waals surface area contributed by atoms with Gasteiger partial charge in [0.2, 0.25) is 5.78 Å². The minimum absolute atomic E-state index is 0.178. The number of hydrogen-bond donors (Lipinski definition) is 0. The topological polar surface area (TPSA) is 73.6 Å². The number of aryl methyl sites for hydroxylation is 1. The van der Waals surface area contributed by atoms with Crippen LogP contribution >= 0.6 is 0 Å². The molecule has 0 aliphatic rings. The molecule has 0 spiro atoms. The summed E-state index contributed by atoms with van der Waals surface area (Å²) in [6.45, 7) is 1.95. The summed E-state index contributed by atoms with van der Waals surface area (Å²) < 4.78 is 1.64. The normalized spacial score (nSPS) is 10.9. The molecule has 4 rings (SSSR count). The number of hydrogen-bond acceptors (Lipinski definition) is 5. The summed E-state index contributed by atoms with van der Waals surface area (Å²) in [4.78, 5) is 21.9. The fourth-order valence-corrected chi connectivity index (χ4v) is 2.65. The van der Waals surface area contributed by atoms with Gasteiger partial charge in [0, 0.05) is 12.0 Å². The SMILES string of the molecule is CCc1nc(C(=O)c2ccccc2)c2nnn(-c3ccccc3)c2n1. The number of benzene rings is 2. The Morgan fingerprint density at radius 3 is 2.32 bits per heavy atom. The molecule has 0 atom stereocenters. The minimum atomic E-state index is -0.178. The quantitative estimate of drug-likeness (QED) is 0.538. The lowest BCUT2D eigenvalue weighted by Crippen LogP contribution is -2.09. The molecule has 0 radical (unpaired) electrons. The molecular formula is C19H15N5O. The third-order valence-corrected chi connectivity index (χ3v) is 3.91. The lowest BCUT2D eigenvalue weighted by molar-refractivity contribution is 0.103. The van der Waals surface area contributed by atoms with Crippen molar-refractivity contribution in [2.75, 3.05) is 0 Å². The molecule has 2 heterocycles. The van der Waals surface area contributed by atoms with Gasteiger partial charge in [-0.25, -0.2) is 9.97 Å². The maximum absolute atomic E-state index is 12.9. The summed E-state index contributed by atoms with van der Waals surface area (Å²) in [7, 11) is 0. The van der Waals surface area contributed by atoms with Crippen molar-refractivity contribution in [1.29, 1.82) is 0 Å². The number of fused-ring (bicyclic) bond motifs is 1. The van der Waals surface area contributed by atoms with Crippen LogP contribution in [0.3, 0.4) is 0 Å². The van der Waals surface area contributed by atoms with Crippen LogP contribution in [0.5, 0.6) is 0 Å². The summed E-state index contributed by atoms with van der Waals surface area (Å²) in [5.41, 5.74) is 2.64. The molecule has 0 saturated heterocycles. The first-order chi connectivity index (χ1) is 12.3. The van der Waals surface area contributed by atoms with Crippen LogP contribution < -0.4 is 0 Å². The second-order valence-electron chi connectivity index (χ2n) is 5.55. The van der Waals surface area contributed by atoms with Crippen molar-refractivity contribution in [2.24, 2.45) is 0 Å². The highest BCUT2D eigenvalue weighted by Gasteiger charge is 2.21. The molecule has 6 nitrogen and oxygen atoms in total. The Morgan fingerprint density at radius 2 is 1.64 bits per heavy atom. The van der Waals surface area contributed by atoms with Crippen LogP contribution in [0.15, 0.2) is 60.7 Å². The van der Waals surface area contributed by atoms with Gasteiger partial charge < -0.3 is 0 Å². The molecule has 0 saturated carbocycles. The molecule has 0 amide bonds. The Balaban J connectivity index is 1.94. The largest absolute Gasteiger partial charge is 0.287 e. The van der Waals surface area contributed by atoms with E-state index in [0.29, 0.717) is 29.0 Å². The number of nitrogens with zero attached hydrogens (tertiary/aromatic N) is 5. The second kappa shape index (κ2) is 6.24. The molecule has 4 aromatic rings. The van der Waals surface area contributed by atoms with Crippen molar-refractivity contribution in [3.8, 4) is 5.69 Å². The Labute approximate surface area is 144 Å². The highest BCUT2D eigenvalue weighted by Crippen LogP contribution is 2.20. The average Bonchev–Trinajstić information content (AvgIpc) is 3.12. The third-order valence-electron chi connectivity index (χ3n) is 3.91. The van der Waals surface area contributed by atoms with E-state index in [9.17, 15) is 4.79 Å². The van der Waals surface area contributed by atoms with Gasteiger partial charge in [-0.15, -0.1) is 5.10 Å². The first-order valence-corrected chi connectivity index (χ1v) is 8.05. The van der Waals surface area contributed by atoms with Gasteiger partial charge in [0.25, 0.3) is 0 Å². The highest BCUT2D eigenvalue weighted by atomic mass is 16.1. The summed E-state index contributed by atoms with van der Waals surface area (Å²) in [5.74, 6) is 0.411. The van der Waals surface area contributed by atoms with E-state index in [4.69, 9.17) is 0 Å². The van der Waals surface area contributed by atoms with E-state index in [2.05, 4.69) is 20.3 Å². The summed E-state index contributed by atoms with van der Waals surface area (Å²) in [5, 5.41) is 8.37. The first-order valence-electron chi connectivity index (χ1n) is 8.05. The standard InChI is InChI=1S/C19H15N5O/c1-2-15-20-16(18(25)13-9-5-3-6-10-13)17-19(21-15)24(23-22-17)14-11-7-4-8-12-14/h3-12H,2H2,1H3. The zero-order valence-electron chi connectivity index (χ0n) is 13.6. The van der Waals surface area contributed by atoms with Crippen molar-refractivity contribution in [3.63, 3.8) is 0 Å². The van der Waals surface area contributed by atoms with Gasteiger partial charge in [-0.05, 0) is 12.1 Å². The van der Waals surface area contributed by atoms with E-state index in [1.807, 2.05) is 55.5 Å². The Hall–Kier alpha value is -3.41. The van der Waals surface area contributed by atoms with Crippen LogP contribution in [0.1, 0.15) is 28.8 Å². The maximum Gasteiger partial charge on any atom is 0.213 e. The molecule has 0 bridgehead atoms. The van der Waals surface area contributed by atoms with Gasteiger partial charge in [-0.3, -0.25) is 4.79 Å². The van der Waals surface area contributed by atoms with E-state index < -0.39 is 0 Å². The Morgan fingerprint density at radius 1 is 0.960 bits per heavy atom. The molecule has 2 aromatic heterocycles. The Kier molecular flexibility index (Phi) is 3.78. The number of rotatable bonds is 4. The molecule has 25 heavy (non-hydrogen) atoms. The van der Waals surface area contributed by atoms with Crippen molar-refractivity contribution in [2.45, 2.75) is 13.3 Å². The van der Waals surface area contributed by atoms with Crippen molar-refractivity contribution >= 4 is 16.9 Å². The smallest absolute Gasteiger partial charge is 0.213 e. The van der Waals surface area contributed by atoms with Crippen LogP contribution in [-0.4, -0.2) is 30.7 Å². The van der Waals surface area contributed by atoms with Crippen LogP contribution in [0, 0.1) is 0 Å². The summed E-state index contributed by atoms with van der Waals surface area (Å²) in [6.07, 6.45) is 0.616. The molecule has 2 aromatic carbocycles. The molecule has 0 fully saturated rings. The van der Waals surface area contributed by atoms with Crippen molar-refractivity contribution in [1.82, 2.24) is 25.0 Å². The first kappa shape index (κ1) is 15.1. The molecule has 0 unspecified atom stereocenters. The third kappa shape index (κ3) is 2.67. The maximum atomic E-state index is 12.9. The molecule has 6 heteroatoms.